The maximum absolute atomic E-state index is 6.27. The summed E-state index contributed by atoms with van der Waals surface area (Å²) >= 11 is 1.76. The molecule has 2 aromatic rings. The molecule has 0 saturated carbocycles. The first-order valence-corrected chi connectivity index (χ1v) is 7.12. The summed E-state index contributed by atoms with van der Waals surface area (Å²) in [4.78, 5) is 3.58. The second kappa shape index (κ2) is 6.18. The van der Waals surface area contributed by atoms with E-state index in [1.165, 1.54) is 4.88 Å². The van der Waals surface area contributed by atoms with Crippen LogP contribution in [-0.4, -0.2) is 18.0 Å². The summed E-state index contributed by atoms with van der Waals surface area (Å²) < 4.78 is 5.41. The molecular weight excluding hydrogens is 244 g/mol. The molecule has 0 radical (unpaired) electrons. The molecule has 0 aliphatic carbocycles. The molecule has 0 saturated heterocycles. The molecular formula is C14H20N2OS. The molecule has 0 aliphatic heterocycles. The predicted octanol–water partition coefficient (Wildman–Crippen LogP) is 3.25. The smallest absolute Gasteiger partial charge is 0.117 e. The SMILES string of the molecule is CCC(N)C(c1cccs1)N(C)Cc1ccco1. The van der Waals surface area contributed by atoms with Crippen molar-refractivity contribution in [3.8, 4) is 0 Å². The Morgan fingerprint density at radius 3 is 2.78 bits per heavy atom. The molecule has 0 fully saturated rings. The lowest BCUT2D eigenvalue weighted by molar-refractivity contribution is 0.191. The van der Waals surface area contributed by atoms with Gasteiger partial charge in [-0.25, -0.2) is 0 Å². The third kappa shape index (κ3) is 3.02. The largest absolute Gasteiger partial charge is 0.468 e. The second-order valence-electron chi connectivity index (χ2n) is 4.53. The van der Waals surface area contributed by atoms with Crippen molar-refractivity contribution in [2.45, 2.75) is 32.0 Å². The van der Waals surface area contributed by atoms with Crippen molar-refractivity contribution in [2.75, 3.05) is 7.05 Å². The fourth-order valence-corrected chi connectivity index (χ4v) is 3.15. The lowest BCUT2D eigenvalue weighted by Gasteiger charge is -2.31. The number of likely N-dealkylation sites (N-methyl/N-ethyl adjacent to an activating group) is 1. The molecule has 2 atom stereocenters. The first kappa shape index (κ1) is 13.3. The van der Waals surface area contributed by atoms with Gasteiger partial charge >= 0.3 is 0 Å². The molecule has 0 spiro atoms. The van der Waals surface area contributed by atoms with Crippen LogP contribution in [0, 0.1) is 0 Å². The average molecular weight is 264 g/mol. The van der Waals surface area contributed by atoms with Crippen LogP contribution in [0.3, 0.4) is 0 Å². The molecule has 98 valence electrons. The molecule has 2 heterocycles. The Morgan fingerprint density at radius 2 is 2.22 bits per heavy atom. The summed E-state index contributed by atoms with van der Waals surface area (Å²) in [5, 5.41) is 2.10. The van der Waals surface area contributed by atoms with Crippen LogP contribution in [0.5, 0.6) is 0 Å². The third-order valence-electron chi connectivity index (χ3n) is 3.17. The molecule has 2 aromatic heterocycles. The summed E-state index contributed by atoms with van der Waals surface area (Å²) in [5.41, 5.74) is 6.27. The lowest BCUT2D eigenvalue weighted by atomic mass is 10.0. The van der Waals surface area contributed by atoms with E-state index < -0.39 is 0 Å². The first-order chi connectivity index (χ1) is 8.72. The number of hydrogen-bond donors (Lipinski definition) is 1. The predicted molar refractivity (Wildman–Crippen MR) is 75.5 cm³/mol. The zero-order valence-corrected chi connectivity index (χ0v) is 11.7. The van der Waals surface area contributed by atoms with Crippen LogP contribution >= 0.6 is 11.3 Å². The zero-order valence-electron chi connectivity index (χ0n) is 10.9. The van der Waals surface area contributed by atoms with Gasteiger partial charge in [-0.05, 0) is 37.0 Å². The molecule has 0 bridgehead atoms. The first-order valence-electron chi connectivity index (χ1n) is 6.24. The minimum absolute atomic E-state index is 0.142. The summed E-state index contributed by atoms with van der Waals surface area (Å²) in [6.45, 7) is 2.91. The van der Waals surface area contributed by atoms with E-state index in [1.807, 2.05) is 12.1 Å². The van der Waals surface area contributed by atoms with Crippen molar-refractivity contribution in [2.24, 2.45) is 5.73 Å². The van der Waals surface area contributed by atoms with E-state index in [2.05, 4.69) is 36.4 Å². The fourth-order valence-electron chi connectivity index (χ4n) is 2.18. The number of nitrogens with two attached hydrogens (primary N) is 1. The minimum atomic E-state index is 0.142. The third-order valence-corrected chi connectivity index (χ3v) is 4.11. The maximum Gasteiger partial charge on any atom is 0.117 e. The lowest BCUT2D eigenvalue weighted by Crippen LogP contribution is -2.38. The molecule has 0 amide bonds. The van der Waals surface area contributed by atoms with E-state index in [0.717, 1.165) is 18.7 Å². The fraction of sp³-hybridized carbons (Fsp3) is 0.429. The Balaban J connectivity index is 2.13. The van der Waals surface area contributed by atoms with Gasteiger partial charge < -0.3 is 10.2 Å². The number of hydrogen-bond acceptors (Lipinski definition) is 4. The Labute approximate surface area is 112 Å². The van der Waals surface area contributed by atoms with Gasteiger partial charge in [0.05, 0.1) is 18.8 Å². The van der Waals surface area contributed by atoms with Crippen LogP contribution in [0.25, 0.3) is 0 Å². The summed E-state index contributed by atoms with van der Waals surface area (Å²) in [6, 6.07) is 8.55. The van der Waals surface area contributed by atoms with Crippen molar-refractivity contribution >= 4 is 11.3 Å². The van der Waals surface area contributed by atoms with Crippen molar-refractivity contribution in [3.63, 3.8) is 0 Å². The molecule has 0 aromatic carbocycles. The average Bonchev–Trinajstić information content (AvgIpc) is 3.02. The van der Waals surface area contributed by atoms with Crippen molar-refractivity contribution in [1.29, 1.82) is 0 Å². The standard InChI is InChI=1S/C14H20N2OS/c1-3-12(15)14(13-7-5-9-18-13)16(2)10-11-6-4-8-17-11/h4-9,12,14H,3,10,15H2,1-2H3. The van der Waals surface area contributed by atoms with E-state index in [4.69, 9.17) is 10.2 Å². The van der Waals surface area contributed by atoms with E-state index in [0.29, 0.717) is 0 Å². The zero-order chi connectivity index (χ0) is 13.0. The van der Waals surface area contributed by atoms with E-state index in [9.17, 15) is 0 Å². The molecule has 2 N–H and O–H groups in total. The number of furan rings is 1. The monoisotopic (exact) mass is 264 g/mol. The Hall–Kier alpha value is -1.10. The van der Waals surface area contributed by atoms with Crippen LogP contribution in [0.1, 0.15) is 30.0 Å². The van der Waals surface area contributed by atoms with Crippen LogP contribution < -0.4 is 5.73 Å². The van der Waals surface area contributed by atoms with Gasteiger partial charge in [0.2, 0.25) is 0 Å². The molecule has 0 aliphatic rings. The highest BCUT2D eigenvalue weighted by atomic mass is 32.1. The highest BCUT2D eigenvalue weighted by Crippen LogP contribution is 2.28. The van der Waals surface area contributed by atoms with Gasteiger partial charge in [-0.3, -0.25) is 4.90 Å². The van der Waals surface area contributed by atoms with Crippen LogP contribution in [-0.2, 0) is 6.54 Å². The summed E-state index contributed by atoms with van der Waals surface area (Å²) in [7, 11) is 2.10. The number of nitrogens with zero attached hydrogens (tertiary/aromatic N) is 1. The van der Waals surface area contributed by atoms with E-state index >= 15 is 0 Å². The Kier molecular flexibility index (Phi) is 4.58. The summed E-state index contributed by atoms with van der Waals surface area (Å²) in [6.07, 6.45) is 2.67. The van der Waals surface area contributed by atoms with Crippen LogP contribution in [0.2, 0.25) is 0 Å². The van der Waals surface area contributed by atoms with Crippen LogP contribution in [0.4, 0.5) is 0 Å². The molecule has 3 nitrogen and oxygen atoms in total. The molecule has 2 rings (SSSR count). The van der Waals surface area contributed by atoms with Crippen LogP contribution in [0.15, 0.2) is 40.3 Å². The quantitative estimate of drug-likeness (QED) is 0.871. The normalized spacial score (nSPS) is 14.9. The van der Waals surface area contributed by atoms with Gasteiger partial charge in [-0.15, -0.1) is 11.3 Å². The summed E-state index contributed by atoms with van der Waals surface area (Å²) in [5.74, 6) is 0.974. The van der Waals surface area contributed by atoms with Gasteiger partial charge in [0.1, 0.15) is 5.76 Å². The van der Waals surface area contributed by atoms with Gasteiger partial charge in [-0.1, -0.05) is 13.0 Å². The van der Waals surface area contributed by atoms with Gasteiger partial charge in [0, 0.05) is 10.9 Å². The highest BCUT2D eigenvalue weighted by Gasteiger charge is 2.24. The number of thiophene rings is 1. The van der Waals surface area contributed by atoms with Crippen molar-refractivity contribution in [1.82, 2.24) is 4.90 Å². The van der Waals surface area contributed by atoms with Gasteiger partial charge in [0.15, 0.2) is 0 Å². The van der Waals surface area contributed by atoms with E-state index in [-0.39, 0.29) is 12.1 Å². The Morgan fingerprint density at radius 1 is 1.39 bits per heavy atom. The minimum Gasteiger partial charge on any atom is -0.468 e. The van der Waals surface area contributed by atoms with Gasteiger partial charge in [0.25, 0.3) is 0 Å². The van der Waals surface area contributed by atoms with Crippen molar-refractivity contribution < 1.29 is 4.42 Å². The van der Waals surface area contributed by atoms with Gasteiger partial charge in [-0.2, -0.15) is 0 Å². The molecule has 2 unspecified atom stereocenters. The van der Waals surface area contributed by atoms with E-state index in [1.54, 1.807) is 17.6 Å². The molecule has 4 heteroatoms. The number of rotatable bonds is 6. The second-order valence-corrected chi connectivity index (χ2v) is 5.51. The Bertz CT molecular complexity index is 438. The topological polar surface area (TPSA) is 42.4 Å². The highest BCUT2D eigenvalue weighted by molar-refractivity contribution is 7.10. The maximum atomic E-state index is 6.27. The molecule has 18 heavy (non-hydrogen) atoms. The van der Waals surface area contributed by atoms with Crippen molar-refractivity contribution in [3.05, 3.63) is 46.5 Å².